The first-order chi connectivity index (χ1) is 18.0. The number of phenolic OH excluding ortho intramolecular Hbond substituents is 3. The van der Waals surface area contributed by atoms with Crippen LogP contribution in [0.1, 0.15) is 29.8 Å². The minimum absolute atomic E-state index is 0.00448. The smallest absolute Gasteiger partial charge is 0.303 e. The third kappa shape index (κ3) is 5.34. The van der Waals surface area contributed by atoms with Crippen LogP contribution in [0.5, 0.6) is 28.7 Å². The number of benzene rings is 2. The molecule has 202 valence electrons. The number of phenols is 3. The van der Waals surface area contributed by atoms with Gasteiger partial charge < -0.3 is 49.2 Å². The summed E-state index contributed by atoms with van der Waals surface area (Å²) in [5.41, 5.74) is 0.329. The van der Waals surface area contributed by atoms with Crippen molar-refractivity contribution in [1.82, 2.24) is 0 Å². The molecule has 13 heteroatoms. The lowest BCUT2D eigenvalue weighted by molar-refractivity contribution is -0.282. The molecule has 2 aromatic carbocycles. The first-order valence-corrected chi connectivity index (χ1v) is 11.3. The van der Waals surface area contributed by atoms with Crippen LogP contribution in [0.2, 0.25) is 0 Å². The van der Waals surface area contributed by atoms with Gasteiger partial charge in [0.25, 0.3) is 0 Å². The van der Waals surface area contributed by atoms with Crippen molar-refractivity contribution in [2.24, 2.45) is 0 Å². The molecule has 0 bridgehead atoms. The van der Waals surface area contributed by atoms with E-state index >= 15 is 0 Å². The standard InChI is InChI=1S/C25H24O13/c1-10(26)34-9-18-21(32)24(35-11(2)27)22(33)25(38-18)37-16-6-4-13-19(30)17(36-23(13)20(16)31)8-12-3-5-14(28)15(29)7-12/h3-8,18,21-22,24-25,28-29,31-33H,9H2,1-2H3/b17-8-/t18?,21-,22?,24+,25-/m1/s1. The van der Waals surface area contributed by atoms with Gasteiger partial charge in [0.05, 0.1) is 5.56 Å². The van der Waals surface area contributed by atoms with Crippen LogP contribution in [0.4, 0.5) is 0 Å². The van der Waals surface area contributed by atoms with Crippen molar-refractivity contribution in [2.45, 2.75) is 44.6 Å². The number of carbonyl (C=O) groups excluding carboxylic acids is 3. The van der Waals surface area contributed by atoms with Gasteiger partial charge in [-0.2, -0.15) is 0 Å². The molecule has 0 saturated carbocycles. The zero-order valence-corrected chi connectivity index (χ0v) is 20.1. The molecule has 1 fully saturated rings. The minimum atomic E-state index is -1.73. The second-order valence-electron chi connectivity index (χ2n) is 8.50. The Kier molecular flexibility index (Phi) is 7.44. The van der Waals surface area contributed by atoms with Crippen molar-refractivity contribution in [3.05, 3.63) is 47.2 Å². The van der Waals surface area contributed by atoms with Crippen molar-refractivity contribution in [1.29, 1.82) is 0 Å². The second-order valence-corrected chi connectivity index (χ2v) is 8.50. The van der Waals surface area contributed by atoms with Crippen LogP contribution < -0.4 is 9.47 Å². The number of ketones is 1. The Morgan fingerprint density at radius 1 is 1.00 bits per heavy atom. The van der Waals surface area contributed by atoms with Crippen LogP contribution in [0.3, 0.4) is 0 Å². The minimum Gasteiger partial charge on any atom is -0.504 e. The number of ether oxygens (including phenoxy) is 5. The van der Waals surface area contributed by atoms with Crippen LogP contribution >= 0.6 is 0 Å². The van der Waals surface area contributed by atoms with Crippen molar-refractivity contribution < 1.29 is 63.6 Å². The third-order valence-electron chi connectivity index (χ3n) is 5.71. The van der Waals surface area contributed by atoms with E-state index in [0.717, 1.165) is 13.8 Å². The summed E-state index contributed by atoms with van der Waals surface area (Å²) in [6.45, 7) is 1.76. The number of esters is 2. The Bertz CT molecular complexity index is 1300. The summed E-state index contributed by atoms with van der Waals surface area (Å²) in [6.07, 6.45) is -6.40. The number of aliphatic hydroxyl groups excluding tert-OH is 2. The molecule has 4 rings (SSSR count). The molecule has 2 aliphatic rings. The average Bonchev–Trinajstić information content (AvgIpc) is 3.17. The number of hydrogen-bond acceptors (Lipinski definition) is 13. The highest BCUT2D eigenvalue weighted by atomic mass is 16.7. The zero-order valence-electron chi connectivity index (χ0n) is 20.1. The quantitative estimate of drug-likeness (QED) is 0.198. The summed E-state index contributed by atoms with van der Waals surface area (Å²) in [6, 6.07) is 6.37. The van der Waals surface area contributed by atoms with E-state index in [2.05, 4.69) is 0 Å². The van der Waals surface area contributed by atoms with E-state index in [4.69, 9.17) is 23.7 Å². The average molecular weight is 532 g/mol. The van der Waals surface area contributed by atoms with Crippen LogP contribution in [0, 0.1) is 0 Å². The van der Waals surface area contributed by atoms with E-state index < -0.39 is 66.5 Å². The number of aromatic hydroxyl groups is 3. The molecule has 5 atom stereocenters. The lowest BCUT2D eigenvalue weighted by Gasteiger charge is -2.41. The number of allylic oxidation sites excluding steroid dienone is 1. The summed E-state index contributed by atoms with van der Waals surface area (Å²) in [5, 5.41) is 51.1. The SMILES string of the molecule is CC(=O)OCC1O[C@@H](Oc2ccc3c(c2O)O/C(=C\c2ccc(O)c(O)c2)C3=O)C(O)[C@@H](OC(C)=O)[C@@H]1O. The van der Waals surface area contributed by atoms with Crippen LogP contribution in [-0.2, 0) is 23.8 Å². The van der Waals surface area contributed by atoms with Crippen molar-refractivity contribution >= 4 is 23.8 Å². The molecule has 0 aromatic heterocycles. The fourth-order valence-corrected chi connectivity index (χ4v) is 3.89. The second kappa shape index (κ2) is 10.6. The number of carbonyl (C=O) groups is 3. The number of rotatable bonds is 6. The van der Waals surface area contributed by atoms with Gasteiger partial charge in [-0.3, -0.25) is 14.4 Å². The maximum atomic E-state index is 12.8. The first-order valence-electron chi connectivity index (χ1n) is 11.3. The zero-order chi connectivity index (χ0) is 27.7. The van der Waals surface area contributed by atoms with Crippen LogP contribution in [0.25, 0.3) is 6.08 Å². The number of Topliss-reactive ketones (excluding diaryl/α,β-unsaturated/α-hetero) is 1. The summed E-state index contributed by atoms with van der Waals surface area (Å²) in [4.78, 5) is 35.5. The molecule has 5 N–H and O–H groups in total. The van der Waals surface area contributed by atoms with Gasteiger partial charge in [0.15, 0.2) is 41.0 Å². The highest BCUT2D eigenvalue weighted by molar-refractivity contribution is 6.15. The van der Waals surface area contributed by atoms with E-state index in [1.165, 1.54) is 36.4 Å². The Hall–Kier alpha value is -4.33. The highest BCUT2D eigenvalue weighted by Gasteiger charge is 2.48. The van der Waals surface area contributed by atoms with Gasteiger partial charge in [0.2, 0.25) is 17.8 Å². The largest absolute Gasteiger partial charge is 0.504 e. The van der Waals surface area contributed by atoms with Gasteiger partial charge >= 0.3 is 11.9 Å². The molecule has 13 nitrogen and oxygen atoms in total. The van der Waals surface area contributed by atoms with Crippen LogP contribution in [-0.4, -0.2) is 80.6 Å². The summed E-state index contributed by atoms with van der Waals surface area (Å²) in [5.74, 6) is -4.15. The topological polar surface area (TPSA) is 199 Å². The van der Waals surface area contributed by atoms with Gasteiger partial charge in [0.1, 0.15) is 18.8 Å². The van der Waals surface area contributed by atoms with Gasteiger partial charge in [-0.05, 0) is 35.9 Å². The molecule has 0 spiro atoms. The fraction of sp³-hybridized carbons (Fsp3) is 0.320. The van der Waals surface area contributed by atoms with Gasteiger partial charge in [-0.15, -0.1) is 0 Å². The Morgan fingerprint density at radius 3 is 2.39 bits per heavy atom. The number of aliphatic hydroxyl groups is 2. The van der Waals surface area contributed by atoms with E-state index in [1.54, 1.807) is 0 Å². The Labute approximate surface area is 215 Å². The predicted octanol–water partition coefficient (Wildman–Crippen LogP) is 0.740. The Morgan fingerprint density at radius 2 is 1.74 bits per heavy atom. The van der Waals surface area contributed by atoms with Gasteiger partial charge in [0, 0.05) is 13.8 Å². The van der Waals surface area contributed by atoms with E-state index in [-0.39, 0.29) is 28.6 Å². The third-order valence-corrected chi connectivity index (χ3v) is 5.71. The lowest BCUT2D eigenvalue weighted by Crippen LogP contribution is -2.61. The summed E-state index contributed by atoms with van der Waals surface area (Å²) in [7, 11) is 0. The molecule has 2 aliphatic heterocycles. The molecular weight excluding hydrogens is 508 g/mol. The first kappa shape index (κ1) is 26.7. The van der Waals surface area contributed by atoms with Gasteiger partial charge in [-0.1, -0.05) is 6.07 Å². The van der Waals surface area contributed by atoms with Crippen molar-refractivity contribution in [2.75, 3.05) is 6.61 Å². The van der Waals surface area contributed by atoms with E-state index in [0.29, 0.717) is 5.56 Å². The molecule has 0 aliphatic carbocycles. The van der Waals surface area contributed by atoms with E-state index in [1.807, 2.05) is 0 Å². The molecule has 1 saturated heterocycles. The molecule has 2 unspecified atom stereocenters. The summed E-state index contributed by atoms with van der Waals surface area (Å²) >= 11 is 0. The highest BCUT2D eigenvalue weighted by Crippen LogP contribution is 2.45. The van der Waals surface area contributed by atoms with Crippen molar-refractivity contribution in [3.8, 4) is 28.7 Å². The molecular formula is C25H24O13. The molecule has 38 heavy (non-hydrogen) atoms. The molecule has 2 heterocycles. The normalized spacial score (nSPS) is 25.4. The lowest BCUT2D eigenvalue weighted by atomic mass is 9.99. The van der Waals surface area contributed by atoms with Crippen LogP contribution in [0.15, 0.2) is 36.1 Å². The maximum Gasteiger partial charge on any atom is 0.303 e. The summed E-state index contributed by atoms with van der Waals surface area (Å²) < 4.78 is 26.5. The number of hydrogen-bond donors (Lipinski definition) is 5. The maximum absolute atomic E-state index is 12.8. The van der Waals surface area contributed by atoms with Crippen molar-refractivity contribution in [3.63, 3.8) is 0 Å². The predicted molar refractivity (Wildman–Crippen MR) is 124 cm³/mol. The van der Waals surface area contributed by atoms with Gasteiger partial charge in [-0.25, -0.2) is 0 Å². The molecule has 2 aromatic rings. The Balaban J connectivity index is 1.58. The fourth-order valence-electron chi connectivity index (χ4n) is 3.89. The molecule has 0 amide bonds. The van der Waals surface area contributed by atoms with E-state index in [9.17, 15) is 39.9 Å². The molecule has 0 radical (unpaired) electrons. The monoisotopic (exact) mass is 532 g/mol. The number of fused-ring (bicyclic) bond motifs is 1.